The molecule has 52 heavy (non-hydrogen) atoms. The highest BCUT2D eigenvalue weighted by Gasteiger charge is 2.52. The third-order valence-corrected chi connectivity index (χ3v) is 10.5. The predicted octanol–water partition coefficient (Wildman–Crippen LogP) is 3.69. The van der Waals surface area contributed by atoms with Crippen molar-refractivity contribution in [2.24, 2.45) is 0 Å². The number of carbonyl (C=O) groups excluding carboxylic acids is 2. The van der Waals surface area contributed by atoms with Crippen molar-refractivity contribution in [2.45, 2.75) is 75.0 Å². The van der Waals surface area contributed by atoms with E-state index in [-0.39, 0.29) is 49.2 Å². The van der Waals surface area contributed by atoms with E-state index >= 15 is 0 Å². The van der Waals surface area contributed by atoms with Gasteiger partial charge < -0.3 is 29.6 Å². The van der Waals surface area contributed by atoms with E-state index in [9.17, 15) is 9.59 Å². The molecule has 0 aliphatic carbocycles. The minimum atomic E-state index is -0.734. The monoisotopic (exact) mass is 702 g/mol. The van der Waals surface area contributed by atoms with E-state index in [1.54, 1.807) is 0 Å². The van der Waals surface area contributed by atoms with Gasteiger partial charge in [-0.05, 0) is 35.1 Å². The Hall–Kier alpha value is -4.42. The fourth-order valence-corrected chi connectivity index (χ4v) is 7.93. The number of nitrogens with zero attached hydrogens (tertiary/aromatic N) is 2. The van der Waals surface area contributed by atoms with Gasteiger partial charge in [0.05, 0.1) is 12.1 Å². The number of morpholine rings is 2. The van der Waals surface area contributed by atoms with Gasteiger partial charge in [0.25, 0.3) is 11.8 Å². The van der Waals surface area contributed by atoms with Gasteiger partial charge in [0.15, 0.2) is 24.8 Å². The molecule has 0 spiro atoms. The van der Waals surface area contributed by atoms with Crippen LogP contribution >= 0.6 is 0 Å². The van der Waals surface area contributed by atoms with Crippen LogP contribution in [-0.2, 0) is 54.5 Å². The second-order valence-electron chi connectivity index (χ2n) is 14.1. The highest BCUT2D eigenvalue weighted by atomic mass is 16.7. The number of amides is 2. The molecule has 0 saturated carbocycles. The average molecular weight is 703 g/mol. The molecule has 2 N–H and O–H groups in total. The summed E-state index contributed by atoms with van der Waals surface area (Å²) in [7, 11) is 0. The number of fused-ring (bicyclic) bond motifs is 4. The number of rotatable bonds is 13. The molecule has 4 aliphatic rings. The van der Waals surface area contributed by atoms with Crippen LogP contribution < -0.4 is 10.6 Å². The number of hydrogen-bond donors (Lipinski definition) is 2. The SMILES string of the molecule is O=C(NCCNC(=O)C1OC2OC1CN(Cc1ccccc1)C2Cc1ccccc1)C1OC2OC1CN(Cc1ccccc1)C2Cc1ccccc1. The third-order valence-electron chi connectivity index (χ3n) is 10.5. The number of ether oxygens (including phenoxy) is 4. The number of nitrogens with one attached hydrogen (secondary N) is 2. The molecule has 8 atom stereocenters. The van der Waals surface area contributed by atoms with Crippen molar-refractivity contribution in [2.75, 3.05) is 26.2 Å². The van der Waals surface area contributed by atoms with Crippen molar-refractivity contribution in [1.82, 2.24) is 20.4 Å². The smallest absolute Gasteiger partial charge is 0.252 e. The van der Waals surface area contributed by atoms with Gasteiger partial charge in [0.1, 0.15) is 12.2 Å². The molecule has 8 unspecified atom stereocenters. The van der Waals surface area contributed by atoms with Gasteiger partial charge in [-0.15, -0.1) is 0 Å². The minimum absolute atomic E-state index is 0.0418. The summed E-state index contributed by atoms with van der Waals surface area (Å²) in [6.45, 7) is 3.13. The van der Waals surface area contributed by atoms with Gasteiger partial charge in [-0.1, -0.05) is 121 Å². The van der Waals surface area contributed by atoms with Crippen LogP contribution in [0.15, 0.2) is 121 Å². The maximum Gasteiger partial charge on any atom is 0.252 e. The Bertz CT molecular complexity index is 1640. The summed E-state index contributed by atoms with van der Waals surface area (Å²) >= 11 is 0. The summed E-state index contributed by atoms with van der Waals surface area (Å²) in [6.07, 6.45) is -1.80. The van der Waals surface area contributed by atoms with Gasteiger partial charge >= 0.3 is 0 Å². The maximum absolute atomic E-state index is 13.4. The molecule has 2 amide bonds. The van der Waals surface area contributed by atoms with Gasteiger partial charge in [0.2, 0.25) is 0 Å². The minimum Gasteiger partial charge on any atom is -0.352 e. The Balaban J connectivity index is 0.853. The molecule has 0 aromatic heterocycles. The fourth-order valence-electron chi connectivity index (χ4n) is 7.93. The Labute approximate surface area is 305 Å². The molecule has 10 heteroatoms. The van der Waals surface area contributed by atoms with Crippen molar-refractivity contribution >= 4 is 11.8 Å². The second-order valence-corrected chi connectivity index (χ2v) is 14.1. The topological polar surface area (TPSA) is 102 Å². The molecular weight excluding hydrogens is 656 g/mol. The van der Waals surface area contributed by atoms with Crippen LogP contribution in [0.2, 0.25) is 0 Å². The summed E-state index contributed by atoms with van der Waals surface area (Å²) in [5.41, 5.74) is 4.79. The average Bonchev–Trinajstić information content (AvgIpc) is 3.73. The second kappa shape index (κ2) is 16.1. The maximum atomic E-state index is 13.4. The lowest BCUT2D eigenvalue weighted by Crippen LogP contribution is -2.53. The molecule has 270 valence electrons. The van der Waals surface area contributed by atoms with Crippen LogP contribution in [-0.4, -0.2) is 96.9 Å². The van der Waals surface area contributed by atoms with Crippen LogP contribution in [0.4, 0.5) is 0 Å². The van der Waals surface area contributed by atoms with Crippen molar-refractivity contribution < 1.29 is 28.5 Å². The Morgan fingerprint density at radius 3 is 1.21 bits per heavy atom. The molecule has 4 heterocycles. The first-order valence-electron chi connectivity index (χ1n) is 18.4. The molecule has 4 bridgehead atoms. The van der Waals surface area contributed by atoms with Gasteiger partial charge in [-0.25, -0.2) is 0 Å². The van der Waals surface area contributed by atoms with Crippen molar-refractivity contribution in [3.05, 3.63) is 144 Å². The van der Waals surface area contributed by atoms with E-state index in [4.69, 9.17) is 18.9 Å². The first-order chi connectivity index (χ1) is 25.6. The third kappa shape index (κ3) is 7.97. The molecule has 4 aromatic carbocycles. The summed E-state index contributed by atoms with van der Waals surface area (Å²) in [6, 6.07) is 41.2. The van der Waals surface area contributed by atoms with E-state index in [2.05, 4.69) is 69.0 Å². The van der Waals surface area contributed by atoms with E-state index in [1.165, 1.54) is 22.3 Å². The molecule has 10 nitrogen and oxygen atoms in total. The number of hydrogen-bond acceptors (Lipinski definition) is 8. The predicted molar refractivity (Wildman–Crippen MR) is 195 cm³/mol. The number of carbonyl (C=O) groups is 2. The largest absolute Gasteiger partial charge is 0.352 e. The first kappa shape index (κ1) is 34.7. The summed E-state index contributed by atoms with van der Waals surface area (Å²) in [5.74, 6) is -0.475. The van der Waals surface area contributed by atoms with E-state index in [0.29, 0.717) is 13.1 Å². The first-order valence-corrected chi connectivity index (χ1v) is 18.4. The summed E-state index contributed by atoms with van der Waals surface area (Å²) in [5, 5.41) is 5.94. The normalized spacial score (nSPS) is 28.4. The highest BCUT2D eigenvalue weighted by molar-refractivity contribution is 5.83. The molecule has 4 aromatic rings. The Kier molecular flexibility index (Phi) is 10.7. The standard InChI is InChI=1S/C42H46N4O6/c47-39(37-35-27-45(25-31-17-9-3-10-18-31)33(41(49-35)51-37)23-29-13-5-1-6-14-29)43-21-22-44-40(48)38-36-28-46(26-32-19-11-4-12-20-32)34(42(50-36)52-38)24-30-15-7-2-8-16-30/h1-20,33-38,41-42H,21-28H2,(H,43,47)(H,44,48). The van der Waals surface area contributed by atoms with E-state index in [1.807, 2.05) is 72.8 Å². The van der Waals surface area contributed by atoms with E-state index < -0.39 is 24.8 Å². The lowest BCUT2D eigenvalue weighted by molar-refractivity contribution is -0.152. The molecule has 4 saturated heterocycles. The zero-order valence-electron chi connectivity index (χ0n) is 29.2. The lowest BCUT2D eigenvalue weighted by atomic mass is 10.0. The Morgan fingerprint density at radius 1 is 0.500 bits per heavy atom. The van der Waals surface area contributed by atoms with Gasteiger partial charge in [-0.2, -0.15) is 0 Å². The molecule has 8 rings (SSSR count). The lowest BCUT2D eigenvalue weighted by Gasteiger charge is -2.39. The fraction of sp³-hybridized carbons (Fsp3) is 0.381. The van der Waals surface area contributed by atoms with Gasteiger partial charge in [0, 0.05) is 39.3 Å². The molecular formula is C42H46N4O6. The highest BCUT2D eigenvalue weighted by Crippen LogP contribution is 2.35. The molecule has 0 radical (unpaired) electrons. The van der Waals surface area contributed by atoms with Crippen LogP contribution in [0.5, 0.6) is 0 Å². The van der Waals surface area contributed by atoms with Crippen LogP contribution in [0, 0.1) is 0 Å². The van der Waals surface area contributed by atoms with Crippen molar-refractivity contribution in [3.63, 3.8) is 0 Å². The molecule has 4 fully saturated rings. The summed E-state index contributed by atoms with van der Waals surface area (Å²) in [4.78, 5) is 31.6. The van der Waals surface area contributed by atoms with Crippen molar-refractivity contribution in [1.29, 1.82) is 0 Å². The zero-order chi connectivity index (χ0) is 35.3. The zero-order valence-corrected chi connectivity index (χ0v) is 29.2. The van der Waals surface area contributed by atoms with Crippen LogP contribution in [0.1, 0.15) is 22.3 Å². The van der Waals surface area contributed by atoms with Crippen LogP contribution in [0.3, 0.4) is 0 Å². The number of benzene rings is 4. The Morgan fingerprint density at radius 2 is 0.846 bits per heavy atom. The van der Waals surface area contributed by atoms with Crippen LogP contribution in [0.25, 0.3) is 0 Å². The quantitative estimate of drug-likeness (QED) is 0.204. The van der Waals surface area contributed by atoms with E-state index in [0.717, 1.165) is 25.9 Å². The summed E-state index contributed by atoms with van der Waals surface area (Å²) < 4.78 is 25.2. The van der Waals surface area contributed by atoms with Crippen molar-refractivity contribution in [3.8, 4) is 0 Å². The molecule has 4 aliphatic heterocycles. The van der Waals surface area contributed by atoms with Gasteiger partial charge in [-0.3, -0.25) is 19.4 Å².